The Labute approximate surface area is 117 Å². The number of halogens is 2. The molecule has 0 aliphatic rings. The monoisotopic (exact) mass is 287 g/mol. The summed E-state index contributed by atoms with van der Waals surface area (Å²) in [5.74, 6) is -2.11. The predicted octanol–water partition coefficient (Wildman–Crippen LogP) is 2.27. The van der Waals surface area contributed by atoms with E-state index in [-0.39, 0.29) is 5.75 Å². The molecule has 0 radical (unpaired) electrons. The second kappa shape index (κ2) is 6.65. The van der Waals surface area contributed by atoms with Crippen LogP contribution in [0.4, 0.5) is 8.78 Å². The Hall–Kier alpha value is -1.69. The van der Waals surface area contributed by atoms with Crippen LogP contribution >= 0.6 is 0 Å². The first-order valence-corrected chi connectivity index (χ1v) is 6.21. The Bertz CT molecular complexity index is 481. The van der Waals surface area contributed by atoms with Gasteiger partial charge in [0.1, 0.15) is 11.3 Å². The smallest absolute Gasteiger partial charge is 0.325 e. The summed E-state index contributed by atoms with van der Waals surface area (Å²) in [6.07, 6.45) is -0.0776. The van der Waals surface area contributed by atoms with E-state index in [9.17, 15) is 13.6 Å². The van der Waals surface area contributed by atoms with E-state index in [1.54, 1.807) is 20.9 Å². The molecule has 2 atom stereocenters. The van der Waals surface area contributed by atoms with Gasteiger partial charge in [-0.05, 0) is 33.0 Å². The van der Waals surface area contributed by atoms with Gasteiger partial charge in [-0.15, -0.1) is 0 Å². The van der Waals surface area contributed by atoms with Crippen molar-refractivity contribution in [2.75, 3.05) is 14.2 Å². The zero-order valence-corrected chi connectivity index (χ0v) is 12.0. The number of likely N-dealkylation sites (N-methyl/N-ethyl adjacent to an activating group) is 1. The molecule has 0 heterocycles. The third-order valence-electron chi connectivity index (χ3n) is 3.11. The third-order valence-corrected chi connectivity index (χ3v) is 3.11. The molecule has 1 aromatic carbocycles. The number of ether oxygens (including phenoxy) is 2. The van der Waals surface area contributed by atoms with Gasteiger partial charge in [-0.1, -0.05) is 0 Å². The first-order chi connectivity index (χ1) is 9.32. The molecule has 0 saturated heterocycles. The molecular weight excluding hydrogens is 268 g/mol. The average molecular weight is 287 g/mol. The van der Waals surface area contributed by atoms with Crippen molar-refractivity contribution in [2.24, 2.45) is 0 Å². The van der Waals surface area contributed by atoms with Crippen molar-refractivity contribution >= 4 is 5.97 Å². The zero-order chi connectivity index (χ0) is 15.3. The van der Waals surface area contributed by atoms with Gasteiger partial charge < -0.3 is 14.8 Å². The molecule has 0 amide bonds. The van der Waals surface area contributed by atoms with Crippen LogP contribution in [0.2, 0.25) is 0 Å². The number of rotatable bonds is 6. The minimum absolute atomic E-state index is 0.208. The molecule has 2 unspecified atom stereocenters. The summed E-state index contributed by atoms with van der Waals surface area (Å²) >= 11 is 0. The van der Waals surface area contributed by atoms with E-state index in [2.05, 4.69) is 5.32 Å². The molecule has 0 bridgehead atoms. The van der Waals surface area contributed by atoms with Crippen molar-refractivity contribution in [2.45, 2.75) is 31.9 Å². The van der Waals surface area contributed by atoms with Crippen LogP contribution in [0.5, 0.6) is 5.75 Å². The Balaban J connectivity index is 2.73. The van der Waals surface area contributed by atoms with Gasteiger partial charge in [0, 0.05) is 12.5 Å². The summed E-state index contributed by atoms with van der Waals surface area (Å²) < 4.78 is 36.1. The molecular formula is C14H19F2NO3. The van der Waals surface area contributed by atoms with Gasteiger partial charge in [0.15, 0.2) is 11.6 Å². The number of hydrogen-bond donors (Lipinski definition) is 1. The fourth-order valence-corrected chi connectivity index (χ4v) is 1.91. The highest BCUT2D eigenvalue weighted by atomic mass is 19.2. The van der Waals surface area contributed by atoms with Crippen LogP contribution in [-0.2, 0) is 9.53 Å². The van der Waals surface area contributed by atoms with Gasteiger partial charge in [0.2, 0.25) is 0 Å². The number of hydrogen-bond acceptors (Lipinski definition) is 4. The number of benzene rings is 1. The topological polar surface area (TPSA) is 47.6 Å². The minimum atomic E-state index is -0.973. The van der Waals surface area contributed by atoms with E-state index in [0.29, 0.717) is 6.42 Å². The lowest BCUT2D eigenvalue weighted by molar-refractivity contribution is -0.148. The van der Waals surface area contributed by atoms with E-state index in [4.69, 9.17) is 9.47 Å². The molecule has 0 aromatic heterocycles. The summed E-state index contributed by atoms with van der Waals surface area (Å²) in [6.45, 7) is 3.42. The molecule has 20 heavy (non-hydrogen) atoms. The van der Waals surface area contributed by atoms with E-state index < -0.39 is 29.2 Å². The van der Waals surface area contributed by atoms with E-state index in [1.165, 1.54) is 13.2 Å². The summed E-state index contributed by atoms with van der Waals surface area (Å²) in [6, 6.07) is 3.30. The fourth-order valence-electron chi connectivity index (χ4n) is 1.91. The van der Waals surface area contributed by atoms with Gasteiger partial charge in [0.25, 0.3) is 0 Å². The Kier molecular flexibility index (Phi) is 5.44. The number of nitrogens with one attached hydrogen (secondary N) is 1. The zero-order valence-electron chi connectivity index (χ0n) is 12.0. The maximum atomic E-state index is 13.1. The molecule has 1 N–H and O–H groups in total. The van der Waals surface area contributed by atoms with Crippen molar-refractivity contribution < 1.29 is 23.0 Å². The SMILES string of the molecule is CNC(C)(CC(C)Oc1ccc(F)c(F)c1)C(=O)OC. The maximum Gasteiger partial charge on any atom is 0.325 e. The number of carbonyl (C=O) groups is 1. The van der Waals surface area contributed by atoms with Gasteiger partial charge >= 0.3 is 5.97 Å². The molecule has 112 valence electrons. The third kappa shape index (κ3) is 3.90. The average Bonchev–Trinajstić information content (AvgIpc) is 2.41. The van der Waals surface area contributed by atoms with Gasteiger partial charge in [-0.2, -0.15) is 0 Å². The van der Waals surface area contributed by atoms with Crippen molar-refractivity contribution in [1.29, 1.82) is 0 Å². The van der Waals surface area contributed by atoms with Crippen molar-refractivity contribution in [1.82, 2.24) is 5.32 Å². The van der Waals surface area contributed by atoms with Gasteiger partial charge in [-0.3, -0.25) is 4.79 Å². The maximum absolute atomic E-state index is 13.1. The molecule has 0 aliphatic carbocycles. The van der Waals surface area contributed by atoms with Crippen LogP contribution in [0.1, 0.15) is 20.3 Å². The molecule has 1 rings (SSSR count). The van der Waals surface area contributed by atoms with Crippen molar-refractivity contribution in [3.8, 4) is 5.75 Å². The first kappa shape index (κ1) is 16.4. The lowest BCUT2D eigenvalue weighted by Crippen LogP contribution is -2.50. The van der Waals surface area contributed by atoms with Gasteiger partial charge in [-0.25, -0.2) is 8.78 Å². The standard InChI is InChI=1S/C14H19F2NO3/c1-9(8-14(2,17-3)13(18)19-4)20-10-5-6-11(15)12(16)7-10/h5-7,9,17H,8H2,1-4H3. The lowest BCUT2D eigenvalue weighted by atomic mass is 9.95. The van der Waals surface area contributed by atoms with Gasteiger partial charge in [0.05, 0.1) is 13.2 Å². The highest BCUT2D eigenvalue weighted by Gasteiger charge is 2.34. The second-order valence-corrected chi connectivity index (χ2v) is 4.78. The Morgan fingerprint density at radius 1 is 1.40 bits per heavy atom. The number of methoxy groups -OCH3 is 1. The van der Waals surface area contributed by atoms with Crippen LogP contribution in [0.25, 0.3) is 0 Å². The highest BCUT2D eigenvalue weighted by Crippen LogP contribution is 2.21. The summed E-state index contributed by atoms with van der Waals surface area (Å²) in [5.41, 5.74) is -0.910. The number of carbonyl (C=O) groups excluding carboxylic acids is 1. The molecule has 6 heteroatoms. The van der Waals surface area contributed by atoms with Crippen LogP contribution in [0.3, 0.4) is 0 Å². The molecule has 1 aromatic rings. The largest absolute Gasteiger partial charge is 0.491 e. The lowest BCUT2D eigenvalue weighted by Gasteiger charge is -2.29. The predicted molar refractivity (Wildman–Crippen MR) is 70.5 cm³/mol. The first-order valence-electron chi connectivity index (χ1n) is 6.21. The van der Waals surface area contributed by atoms with Crippen molar-refractivity contribution in [3.63, 3.8) is 0 Å². The molecule has 0 aliphatic heterocycles. The second-order valence-electron chi connectivity index (χ2n) is 4.78. The summed E-state index contributed by atoms with van der Waals surface area (Å²) in [7, 11) is 2.94. The highest BCUT2D eigenvalue weighted by molar-refractivity contribution is 5.80. The van der Waals surface area contributed by atoms with E-state index >= 15 is 0 Å². The molecule has 0 saturated carbocycles. The van der Waals surface area contributed by atoms with E-state index in [0.717, 1.165) is 12.1 Å². The summed E-state index contributed by atoms with van der Waals surface area (Å²) in [4.78, 5) is 11.7. The molecule has 0 spiro atoms. The Morgan fingerprint density at radius 2 is 2.05 bits per heavy atom. The van der Waals surface area contributed by atoms with E-state index in [1.807, 2.05) is 0 Å². The minimum Gasteiger partial charge on any atom is -0.491 e. The number of esters is 1. The molecule has 4 nitrogen and oxygen atoms in total. The van der Waals surface area contributed by atoms with Crippen molar-refractivity contribution in [3.05, 3.63) is 29.8 Å². The summed E-state index contributed by atoms with van der Waals surface area (Å²) in [5, 5.41) is 2.88. The van der Waals surface area contributed by atoms with Crippen LogP contribution in [0, 0.1) is 11.6 Å². The van der Waals surface area contributed by atoms with Crippen LogP contribution in [-0.4, -0.2) is 31.8 Å². The van der Waals surface area contributed by atoms with Crippen LogP contribution in [0.15, 0.2) is 18.2 Å². The fraction of sp³-hybridized carbons (Fsp3) is 0.500. The normalized spacial score (nSPS) is 15.3. The Morgan fingerprint density at radius 3 is 2.55 bits per heavy atom. The molecule has 0 fully saturated rings. The quantitative estimate of drug-likeness (QED) is 0.815. The van der Waals surface area contributed by atoms with Crippen LogP contribution < -0.4 is 10.1 Å².